The first-order valence-corrected chi connectivity index (χ1v) is 8.31. The molecule has 0 spiro atoms. The zero-order chi connectivity index (χ0) is 16.3. The third-order valence-electron chi connectivity index (χ3n) is 5.54. The lowest BCUT2D eigenvalue weighted by Crippen LogP contribution is -2.37. The van der Waals surface area contributed by atoms with Crippen LogP contribution in [-0.2, 0) is 14.3 Å². The van der Waals surface area contributed by atoms with Crippen molar-refractivity contribution >= 4 is 12.2 Å². The Morgan fingerprint density at radius 2 is 2.14 bits per heavy atom. The Morgan fingerprint density at radius 1 is 1.41 bits per heavy atom. The maximum atomic E-state index is 11.9. The number of hydrogen-bond donors (Lipinski definition) is 0. The van der Waals surface area contributed by atoms with E-state index in [-0.39, 0.29) is 11.9 Å². The molecule has 5 nitrogen and oxygen atoms in total. The second-order valence-corrected chi connectivity index (χ2v) is 7.25. The Bertz CT molecular complexity index is 422. The van der Waals surface area contributed by atoms with Crippen molar-refractivity contribution in [1.29, 1.82) is 0 Å². The molecule has 4 atom stereocenters. The molecular formula is C17H30N2O3. The molecule has 0 aromatic rings. The van der Waals surface area contributed by atoms with Gasteiger partial charge in [-0.05, 0) is 39.0 Å². The molecule has 1 aliphatic carbocycles. The molecule has 1 saturated carbocycles. The Kier molecular flexibility index (Phi) is 5.48. The fourth-order valence-electron chi connectivity index (χ4n) is 3.70. The Hall–Kier alpha value is -1.10. The number of esters is 1. The Morgan fingerprint density at radius 3 is 2.77 bits per heavy atom. The lowest BCUT2D eigenvalue weighted by atomic mass is 9.81. The summed E-state index contributed by atoms with van der Waals surface area (Å²) < 4.78 is 10.3. The predicted molar refractivity (Wildman–Crippen MR) is 86.7 cm³/mol. The quantitative estimate of drug-likeness (QED) is 0.559. The average molecular weight is 310 g/mol. The van der Waals surface area contributed by atoms with Crippen LogP contribution < -0.4 is 0 Å². The van der Waals surface area contributed by atoms with Crippen LogP contribution in [0.3, 0.4) is 0 Å². The first kappa shape index (κ1) is 17.3. The summed E-state index contributed by atoms with van der Waals surface area (Å²) in [6.07, 6.45) is 6.91. The highest BCUT2D eigenvalue weighted by Gasteiger charge is 2.43. The molecule has 0 radical (unpaired) electrons. The molecule has 1 unspecified atom stereocenters. The summed E-state index contributed by atoms with van der Waals surface area (Å²) in [6.45, 7) is 6.56. The average Bonchev–Trinajstić information content (AvgIpc) is 3.05. The summed E-state index contributed by atoms with van der Waals surface area (Å²) in [5, 5.41) is 7.01. The van der Waals surface area contributed by atoms with Gasteiger partial charge in [0.25, 0.3) is 0 Å². The molecule has 1 saturated heterocycles. The molecule has 0 N–H and O–H groups in total. The van der Waals surface area contributed by atoms with E-state index in [4.69, 9.17) is 14.6 Å². The molecule has 1 heterocycles. The van der Waals surface area contributed by atoms with Crippen molar-refractivity contribution in [3.05, 3.63) is 0 Å². The van der Waals surface area contributed by atoms with Crippen molar-refractivity contribution in [2.45, 2.75) is 58.5 Å². The van der Waals surface area contributed by atoms with Gasteiger partial charge < -0.3 is 9.47 Å². The minimum absolute atomic E-state index is 0.0172. The van der Waals surface area contributed by atoms with Crippen LogP contribution in [0, 0.1) is 17.3 Å². The topological polar surface area (TPSA) is 51.1 Å². The van der Waals surface area contributed by atoms with Crippen LogP contribution in [0.5, 0.6) is 0 Å². The van der Waals surface area contributed by atoms with Crippen molar-refractivity contribution in [3.63, 3.8) is 0 Å². The zero-order valence-corrected chi connectivity index (χ0v) is 14.5. The number of hydrogen-bond acceptors (Lipinski definition) is 5. The molecule has 2 fully saturated rings. The van der Waals surface area contributed by atoms with Gasteiger partial charge in [-0.25, -0.2) is 0 Å². The second-order valence-electron chi connectivity index (χ2n) is 7.25. The predicted octanol–water partition coefficient (Wildman–Crippen LogP) is 2.70. The molecule has 5 heteroatoms. The highest BCUT2D eigenvalue weighted by atomic mass is 16.5. The molecule has 2 rings (SSSR count). The summed E-state index contributed by atoms with van der Waals surface area (Å²) >= 11 is 0. The summed E-state index contributed by atoms with van der Waals surface area (Å²) in [6, 6.07) is 0.912. The van der Waals surface area contributed by atoms with Gasteiger partial charge in [-0.15, -0.1) is 0 Å². The molecule has 126 valence electrons. The van der Waals surface area contributed by atoms with Gasteiger partial charge in [0.15, 0.2) is 0 Å². The number of rotatable bonds is 6. The van der Waals surface area contributed by atoms with Crippen molar-refractivity contribution in [2.24, 2.45) is 22.4 Å². The minimum Gasteiger partial charge on any atom is -0.469 e. The van der Waals surface area contributed by atoms with Gasteiger partial charge in [0.1, 0.15) is 0 Å². The SMILES string of the molecule is COC[C@H]1C[C@H]2CCC[C@H]2N1/N=C/C(C)C(C)(C)C(=O)OC. The van der Waals surface area contributed by atoms with Crippen LogP contribution in [0.2, 0.25) is 0 Å². The van der Waals surface area contributed by atoms with Crippen LogP contribution in [-0.4, -0.2) is 50.1 Å². The lowest BCUT2D eigenvalue weighted by molar-refractivity contribution is -0.152. The summed E-state index contributed by atoms with van der Waals surface area (Å²) in [4.78, 5) is 11.9. The van der Waals surface area contributed by atoms with Gasteiger partial charge in [-0.1, -0.05) is 13.3 Å². The third-order valence-corrected chi connectivity index (χ3v) is 5.54. The first-order chi connectivity index (χ1) is 10.4. The third kappa shape index (κ3) is 3.29. The van der Waals surface area contributed by atoms with Crippen molar-refractivity contribution < 1.29 is 14.3 Å². The molecule has 1 aliphatic heterocycles. The summed E-state index contributed by atoms with van der Waals surface area (Å²) in [5.41, 5.74) is -0.566. The number of carbonyl (C=O) groups is 1. The normalized spacial score (nSPS) is 29.9. The molecular weight excluding hydrogens is 280 g/mol. The van der Waals surface area contributed by atoms with E-state index in [0.29, 0.717) is 12.1 Å². The Labute approximate surface area is 134 Å². The van der Waals surface area contributed by atoms with E-state index >= 15 is 0 Å². The van der Waals surface area contributed by atoms with E-state index in [9.17, 15) is 4.79 Å². The maximum absolute atomic E-state index is 11.9. The number of nitrogens with zero attached hydrogens (tertiary/aromatic N) is 2. The van der Waals surface area contributed by atoms with E-state index in [1.165, 1.54) is 32.8 Å². The number of carbonyl (C=O) groups excluding carboxylic acids is 1. The van der Waals surface area contributed by atoms with E-state index < -0.39 is 5.41 Å². The van der Waals surface area contributed by atoms with Gasteiger partial charge in [-0.3, -0.25) is 9.80 Å². The van der Waals surface area contributed by atoms with Crippen molar-refractivity contribution in [3.8, 4) is 0 Å². The molecule has 0 aromatic carbocycles. The van der Waals surface area contributed by atoms with Crippen LogP contribution in [0.25, 0.3) is 0 Å². The molecule has 0 amide bonds. The fourth-order valence-corrected chi connectivity index (χ4v) is 3.70. The van der Waals surface area contributed by atoms with E-state index in [2.05, 4.69) is 5.01 Å². The van der Waals surface area contributed by atoms with Gasteiger partial charge in [0.05, 0.1) is 31.2 Å². The molecule has 0 bridgehead atoms. The maximum Gasteiger partial charge on any atom is 0.311 e. The number of fused-ring (bicyclic) bond motifs is 1. The standard InChI is InChI=1S/C17H30N2O3/c1-12(17(2,3)16(20)22-5)10-18-19-14(11-21-4)9-13-7-6-8-15(13)19/h10,12-15H,6-9,11H2,1-5H3/b18-10+/t12?,13-,14-,15-/m1/s1. The van der Waals surface area contributed by atoms with Gasteiger partial charge in [-0.2, -0.15) is 5.10 Å². The van der Waals surface area contributed by atoms with Crippen molar-refractivity contribution in [2.75, 3.05) is 20.8 Å². The highest BCUT2D eigenvalue weighted by Crippen LogP contribution is 2.41. The van der Waals surface area contributed by atoms with Gasteiger partial charge in [0.2, 0.25) is 0 Å². The highest BCUT2D eigenvalue weighted by molar-refractivity contribution is 5.80. The summed E-state index contributed by atoms with van der Waals surface area (Å²) in [5.74, 6) is 0.574. The van der Waals surface area contributed by atoms with Crippen LogP contribution in [0.15, 0.2) is 5.10 Å². The summed E-state index contributed by atoms with van der Waals surface area (Å²) in [7, 11) is 3.19. The van der Waals surface area contributed by atoms with Crippen LogP contribution in [0.4, 0.5) is 0 Å². The van der Waals surface area contributed by atoms with Gasteiger partial charge in [0, 0.05) is 19.2 Å². The second kappa shape index (κ2) is 6.99. The first-order valence-electron chi connectivity index (χ1n) is 8.31. The van der Waals surface area contributed by atoms with Crippen LogP contribution >= 0.6 is 0 Å². The molecule has 22 heavy (non-hydrogen) atoms. The molecule has 0 aromatic heterocycles. The lowest BCUT2D eigenvalue weighted by Gasteiger charge is -2.29. The van der Waals surface area contributed by atoms with Crippen molar-refractivity contribution in [1.82, 2.24) is 5.01 Å². The molecule has 2 aliphatic rings. The number of ether oxygens (including phenoxy) is 2. The van der Waals surface area contributed by atoms with E-state index in [0.717, 1.165) is 12.5 Å². The smallest absolute Gasteiger partial charge is 0.311 e. The largest absolute Gasteiger partial charge is 0.469 e. The van der Waals surface area contributed by atoms with Gasteiger partial charge >= 0.3 is 5.97 Å². The minimum atomic E-state index is -0.566. The van der Waals surface area contributed by atoms with E-state index in [1.54, 1.807) is 7.11 Å². The fraction of sp³-hybridized carbons (Fsp3) is 0.882. The number of hydrazone groups is 1. The zero-order valence-electron chi connectivity index (χ0n) is 14.5. The number of methoxy groups -OCH3 is 2. The van der Waals surface area contributed by atoms with E-state index in [1.807, 2.05) is 27.0 Å². The monoisotopic (exact) mass is 310 g/mol. The van der Waals surface area contributed by atoms with Crippen LogP contribution in [0.1, 0.15) is 46.5 Å². The Balaban J connectivity index is 2.07.